The molecule has 2 aliphatic rings. The maximum Gasteiger partial charge on any atom is 1.00 e. The van der Waals surface area contributed by atoms with Crippen LogP contribution in [0.1, 0.15) is 77.2 Å². The van der Waals surface area contributed by atoms with Crippen molar-refractivity contribution in [2.45, 2.75) is 90.1 Å². The van der Waals surface area contributed by atoms with Crippen LogP contribution in [0.2, 0.25) is 0 Å². The van der Waals surface area contributed by atoms with E-state index in [0.717, 1.165) is 25.2 Å². The molecule has 0 radical (unpaired) electrons. The number of allylic oxidation sites excluding steroid dienone is 1. The summed E-state index contributed by atoms with van der Waals surface area (Å²) in [5.41, 5.74) is 1.47. The van der Waals surface area contributed by atoms with E-state index in [4.69, 9.17) is 0 Å². The van der Waals surface area contributed by atoms with E-state index in [1.807, 2.05) is 13.8 Å². The molecule has 3 atom stereocenters. The molecule has 1 N–H and O–H groups in total. The summed E-state index contributed by atoms with van der Waals surface area (Å²) in [6, 6.07) is 10.6. The molecule has 1 heterocycles. The molecule has 0 bridgehead atoms. The van der Waals surface area contributed by atoms with Crippen LogP contribution in [0.3, 0.4) is 0 Å². The Balaban J connectivity index is 0.00000129. The Hall–Kier alpha value is -0.0136. The van der Waals surface area contributed by atoms with Gasteiger partial charge in [-0.2, -0.15) is 0 Å². The number of hydrogen-bond acceptors (Lipinski definition) is 2. The summed E-state index contributed by atoms with van der Waals surface area (Å²) in [6.45, 7) is 11.0. The number of carboxylic acids is 1. The molecule has 1 aromatic carbocycles. The first-order chi connectivity index (χ1) is 15.5. The Kier molecular flexibility index (Phi) is 17.2. The van der Waals surface area contributed by atoms with Crippen molar-refractivity contribution in [2.24, 2.45) is 11.8 Å². The van der Waals surface area contributed by atoms with E-state index in [0.29, 0.717) is 12.3 Å². The Bertz CT molecular complexity index is 647. The van der Waals surface area contributed by atoms with Crippen molar-refractivity contribution in [1.29, 1.82) is 0 Å². The average molecular weight is 481 g/mol. The Morgan fingerprint density at radius 3 is 2.45 bits per heavy atom. The van der Waals surface area contributed by atoms with Crippen LogP contribution >= 0.6 is 0 Å². The predicted octanol–water partition coefficient (Wildman–Crippen LogP) is 3.71. The second-order valence-corrected chi connectivity index (χ2v) is 9.65. The summed E-state index contributed by atoms with van der Waals surface area (Å²) in [5, 5.41) is 14.0. The van der Waals surface area contributed by atoms with Gasteiger partial charge in [-0.15, -0.1) is 12.6 Å². The van der Waals surface area contributed by atoms with Gasteiger partial charge in [-0.1, -0.05) is 81.9 Å². The molecule has 0 aromatic heterocycles. The first kappa shape index (κ1) is 31.0. The predicted molar refractivity (Wildman–Crippen MR) is 135 cm³/mol. The average Bonchev–Trinajstić information content (AvgIpc) is 3.23. The second kappa shape index (κ2) is 18.3. The van der Waals surface area contributed by atoms with Crippen molar-refractivity contribution in [3.63, 3.8) is 0 Å². The number of aryl methyl sites for hydroxylation is 1. The molecule has 2 fully saturated rings. The first-order valence-corrected chi connectivity index (χ1v) is 12.8. The minimum absolute atomic E-state index is 0. The quantitative estimate of drug-likeness (QED) is 0.388. The van der Waals surface area contributed by atoms with Gasteiger partial charge in [0.15, 0.2) is 0 Å². The smallest absolute Gasteiger partial charge is 0.647 e. The third-order valence-electron chi connectivity index (χ3n) is 6.90. The molecule has 1 saturated heterocycles. The summed E-state index contributed by atoms with van der Waals surface area (Å²) in [5.74, 6) is 0.853. The topological polar surface area (TPSA) is 54.6 Å². The van der Waals surface area contributed by atoms with E-state index >= 15 is 0 Å². The van der Waals surface area contributed by atoms with Crippen molar-refractivity contribution in [3.8, 4) is 0 Å². The number of benzene rings is 1. The van der Waals surface area contributed by atoms with E-state index in [1.165, 1.54) is 63.7 Å². The summed E-state index contributed by atoms with van der Waals surface area (Å²) in [6.07, 6.45) is 13.3. The zero-order valence-corrected chi connectivity index (χ0v) is 24.5. The molecule has 3 rings (SSSR count). The summed E-state index contributed by atoms with van der Waals surface area (Å²) < 4.78 is 0. The number of piperidine rings is 1. The van der Waals surface area contributed by atoms with Crippen molar-refractivity contribution in [3.05, 3.63) is 53.9 Å². The van der Waals surface area contributed by atoms with Gasteiger partial charge in [0.1, 0.15) is 0 Å². The standard InChI is InChI=1S/C25H39N2O2.C3H6.K/c1-2-7-24(25(28)29)26-23-13-12-22(18-23)19-27-16-14-21(15-17-27)11-6-10-20-8-4-3-5-9-20;1-3-2;/h3-5,8-9,21-24H,2,6-7,10-19H2,1H3,(H,28,29);3H,1H2,2H3;/q-1;;+1. The van der Waals surface area contributed by atoms with Gasteiger partial charge >= 0.3 is 51.4 Å². The summed E-state index contributed by atoms with van der Waals surface area (Å²) in [7, 11) is 0. The number of rotatable bonds is 11. The Labute approximate surface area is 245 Å². The van der Waals surface area contributed by atoms with Gasteiger partial charge in [-0.3, -0.25) is 4.79 Å². The molecule has 4 nitrogen and oxygen atoms in total. The summed E-state index contributed by atoms with van der Waals surface area (Å²) >= 11 is 0. The molecule has 1 aromatic rings. The van der Waals surface area contributed by atoms with Crippen molar-refractivity contribution in [1.82, 2.24) is 4.90 Å². The molecule has 0 spiro atoms. The fraction of sp³-hybridized carbons (Fsp3) is 0.679. The number of carbonyl (C=O) groups is 1. The van der Waals surface area contributed by atoms with E-state index in [9.17, 15) is 9.90 Å². The van der Waals surface area contributed by atoms with Crippen LogP contribution in [-0.4, -0.2) is 47.7 Å². The van der Waals surface area contributed by atoms with Crippen LogP contribution in [0, 0.1) is 11.8 Å². The number of nitrogens with zero attached hydrogens (tertiary/aromatic N) is 2. The first-order valence-electron chi connectivity index (χ1n) is 12.8. The van der Waals surface area contributed by atoms with Crippen molar-refractivity contribution in [2.75, 3.05) is 19.6 Å². The fourth-order valence-electron chi connectivity index (χ4n) is 5.20. The summed E-state index contributed by atoms with van der Waals surface area (Å²) in [4.78, 5) is 14.0. The largest absolute Gasteiger partial charge is 1.00 e. The third-order valence-corrected chi connectivity index (χ3v) is 6.90. The molecule has 180 valence electrons. The third kappa shape index (κ3) is 12.5. The maximum atomic E-state index is 11.4. The van der Waals surface area contributed by atoms with Crippen molar-refractivity contribution >= 4 is 5.97 Å². The Morgan fingerprint density at radius 2 is 1.85 bits per heavy atom. The van der Waals surface area contributed by atoms with E-state index in [-0.39, 0.29) is 57.4 Å². The normalized spacial score (nSPS) is 22.0. The van der Waals surface area contributed by atoms with Gasteiger partial charge < -0.3 is 15.3 Å². The minimum Gasteiger partial charge on any atom is -0.647 e. The van der Waals surface area contributed by atoms with Gasteiger partial charge in [0.2, 0.25) is 0 Å². The molecule has 33 heavy (non-hydrogen) atoms. The van der Waals surface area contributed by atoms with Gasteiger partial charge in [0.25, 0.3) is 5.97 Å². The molecule has 1 saturated carbocycles. The van der Waals surface area contributed by atoms with Gasteiger partial charge in [0, 0.05) is 6.54 Å². The molecule has 0 amide bonds. The number of carboxylic acid groups (broad SMARTS) is 1. The van der Waals surface area contributed by atoms with E-state index in [2.05, 4.69) is 47.1 Å². The molecule has 1 aliphatic carbocycles. The van der Waals surface area contributed by atoms with Crippen LogP contribution in [-0.2, 0) is 11.2 Å². The molecular weight excluding hydrogens is 435 g/mol. The fourth-order valence-corrected chi connectivity index (χ4v) is 5.20. The number of aliphatic carboxylic acids is 1. The van der Waals surface area contributed by atoms with E-state index < -0.39 is 12.0 Å². The van der Waals surface area contributed by atoms with Gasteiger partial charge in [-0.05, 0) is 69.1 Å². The Morgan fingerprint density at radius 1 is 1.18 bits per heavy atom. The minimum atomic E-state index is -0.746. The van der Waals surface area contributed by atoms with Crippen molar-refractivity contribution < 1.29 is 61.3 Å². The van der Waals surface area contributed by atoms with Crippen LogP contribution < -0.4 is 51.4 Å². The van der Waals surface area contributed by atoms with Crippen LogP contribution in [0.4, 0.5) is 0 Å². The van der Waals surface area contributed by atoms with Gasteiger partial charge in [0.05, 0.1) is 0 Å². The SMILES string of the molecule is C=CC.CCCC([N-]C1CCC(CN2CCC(CCCc3ccccc3)CC2)C1)C(=O)O.[K+]. The van der Waals surface area contributed by atoms with E-state index in [1.54, 1.807) is 6.08 Å². The number of hydrogen-bond donors (Lipinski definition) is 1. The maximum absolute atomic E-state index is 11.4. The molecule has 3 unspecified atom stereocenters. The zero-order valence-electron chi connectivity index (χ0n) is 21.4. The molecular formula is C28H45KN2O2. The van der Waals surface area contributed by atoms with Crippen LogP contribution in [0.15, 0.2) is 43.0 Å². The monoisotopic (exact) mass is 480 g/mol. The zero-order chi connectivity index (χ0) is 23.2. The van der Waals surface area contributed by atoms with Crippen LogP contribution in [0.25, 0.3) is 5.32 Å². The number of likely N-dealkylation sites (tertiary alicyclic amines) is 1. The second-order valence-electron chi connectivity index (χ2n) is 9.65. The molecule has 5 heteroatoms. The molecule has 1 aliphatic heterocycles. The van der Waals surface area contributed by atoms with Crippen LogP contribution in [0.5, 0.6) is 0 Å². The van der Waals surface area contributed by atoms with Gasteiger partial charge in [-0.25, -0.2) is 0 Å².